The molecule has 0 saturated heterocycles. The molecule has 4 nitrogen and oxygen atoms in total. The van der Waals surface area contributed by atoms with Gasteiger partial charge in [-0.1, -0.05) is 18.2 Å². The maximum atomic E-state index is 13.0. The fraction of sp³-hybridized carbons (Fsp3) is 0.200. The highest BCUT2D eigenvalue weighted by Crippen LogP contribution is 2.26. The van der Waals surface area contributed by atoms with Crippen LogP contribution in [-0.4, -0.2) is 12.2 Å². The van der Waals surface area contributed by atoms with Crippen LogP contribution in [0.5, 0.6) is 0 Å². The summed E-state index contributed by atoms with van der Waals surface area (Å²) < 4.78 is 25.9. The molecule has 0 aliphatic rings. The van der Waals surface area contributed by atoms with Crippen LogP contribution < -0.4 is 11.2 Å². The van der Waals surface area contributed by atoms with Gasteiger partial charge in [0, 0.05) is 12.5 Å². The predicted octanol–water partition coefficient (Wildman–Crippen LogP) is 1.62. The second kappa shape index (κ2) is 4.69. The highest BCUT2D eigenvalue weighted by molar-refractivity contribution is 5.82. The van der Waals surface area contributed by atoms with Gasteiger partial charge in [-0.3, -0.25) is 5.41 Å². The van der Waals surface area contributed by atoms with E-state index in [-0.39, 0.29) is 11.5 Å². The lowest BCUT2D eigenvalue weighted by atomic mass is 10.1. The molecule has 6 heteroatoms. The fourth-order valence-electron chi connectivity index (χ4n) is 1.07. The molecule has 1 rings (SSSR count). The summed E-state index contributed by atoms with van der Waals surface area (Å²) in [6.07, 6.45) is 1.32. The van der Waals surface area contributed by atoms with Crippen molar-refractivity contribution >= 4 is 12.2 Å². The van der Waals surface area contributed by atoms with Crippen LogP contribution in [0.15, 0.2) is 29.4 Å². The number of benzene rings is 1. The van der Waals surface area contributed by atoms with Gasteiger partial charge in [0.15, 0.2) is 0 Å². The average molecular weight is 226 g/mol. The van der Waals surface area contributed by atoms with E-state index < -0.39 is 5.92 Å². The van der Waals surface area contributed by atoms with E-state index in [0.717, 1.165) is 6.92 Å². The zero-order chi connectivity index (χ0) is 12.2. The SMILES string of the molecule is CC(F)(F)c1cccc(/C=N/NC(=N)N)c1. The van der Waals surface area contributed by atoms with Crippen LogP contribution in [0.25, 0.3) is 0 Å². The molecule has 0 spiro atoms. The van der Waals surface area contributed by atoms with Gasteiger partial charge >= 0.3 is 0 Å². The van der Waals surface area contributed by atoms with E-state index in [2.05, 4.69) is 10.5 Å². The van der Waals surface area contributed by atoms with E-state index in [4.69, 9.17) is 11.1 Å². The molecule has 0 bridgehead atoms. The van der Waals surface area contributed by atoms with Gasteiger partial charge in [0.05, 0.1) is 6.21 Å². The first-order chi connectivity index (χ1) is 7.39. The zero-order valence-corrected chi connectivity index (χ0v) is 8.67. The highest BCUT2D eigenvalue weighted by atomic mass is 19.3. The van der Waals surface area contributed by atoms with Crippen LogP contribution in [0.4, 0.5) is 8.78 Å². The first-order valence-corrected chi connectivity index (χ1v) is 4.51. The molecule has 0 heterocycles. The summed E-state index contributed by atoms with van der Waals surface area (Å²) in [5.41, 5.74) is 7.61. The van der Waals surface area contributed by atoms with Gasteiger partial charge in [-0.05, 0) is 11.6 Å². The minimum atomic E-state index is -2.88. The largest absolute Gasteiger partial charge is 0.369 e. The predicted molar refractivity (Wildman–Crippen MR) is 58.7 cm³/mol. The van der Waals surface area contributed by atoms with Crippen LogP contribution in [0.3, 0.4) is 0 Å². The van der Waals surface area contributed by atoms with Gasteiger partial charge in [0.1, 0.15) is 0 Å². The minimum Gasteiger partial charge on any atom is -0.369 e. The molecule has 0 amide bonds. The Labute approximate surface area is 91.7 Å². The molecule has 0 atom stereocenters. The maximum Gasteiger partial charge on any atom is 0.270 e. The Morgan fingerprint density at radius 1 is 1.56 bits per heavy atom. The second-order valence-electron chi connectivity index (χ2n) is 3.30. The van der Waals surface area contributed by atoms with E-state index in [9.17, 15) is 8.78 Å². The van der Waals surface area contributed by atoms with Gasteiger partial charge in [0.25, 0.3) is 5.92 Å². The molecule has 0 aliphatic heterocycles. The summed E-state index contributed by atoms with van der Waals surface area (Å²) >= 11 is 0. The maximum absolute atomic E-state index is 13.0. The van der Waals surface area contributed by atoms with Gasteiger partial charge in [-0.15, -0.1) is 0 Å². The lowest BCUT2D eigenvalue weighted by Gasteiger charge is -2.10. The fourth-order valence-corrected chi connectivity index (χ4v) is 1.07. The Morgan fingerprint density at radius 2 is 2.25 bits per heavy atom. The third kappa shape index (κ3) is 3.64. The Balaban J connectivity index is 2.83. The summed E-state index contributed by atoms with van der Waals surface area (Å²) in [6.45, 7) is 0.830. The lowest BCUT2D eigenvalue weighted by molar-refractivity contribution is 0.0174. The molecule has 4 N–H and O–H groups in total. The number of nitrogens with zero attached hydrogens (tertiary/aromatic N) is 1. The first kappa shape index (κ1) is 12.1. The summed E-state index contributed by atoms with van der Waals surface area (Å²) in [4.78, 5) is 0. The molecule has 0 aromatic heterocycles. The summed E-state index contributed by atoms with van der Waals surface area (Å²) in [5, 5.41) is 10.4. The molecule has 0 unspecified atom stereocenters. The molecule has 0 fully saturated rings. The van der Waals surface area contributed by atoms with Gasteiger partial charge < -0.3 is 5.73 Å². The topological polar surface area (TPSA) is 74.3 Å². The summed E-state index contributed by atoms with van der Waals surface area (Å²) in [5.74, 6) is -3.19. The molecule has 0 saturated carbocycles. The number of nitrogens with one attached hydrogen (secondary N) is 2. The van der Waals surface area contributed by atoms with Crippen molar-refractivity contribution in [1.29, 1.82) is 5.41 Å². The molecule has 16 heavy (non-hydrogen) atoms. The normalized spacial score (nSPS) is 11.7. The monoisotopic (exact) mass is 226 g/mol. The van der Waals surface area contributed by atoms with E-state index in [1.165, 1.54) is 24.4 Å². The van der Waals surface area contributed by atoms with Gasteiger partial charge in [0.2, 0.25) is 5.96 Å². The van der Waals surface area contributed by atoms with Crippen LogP contribution in [0, 0.1) is 5.41 Å². The van der Waals surface area contributed by atoms with Crippen molar-refractivity contribution in [2.24, 2.45) is 10.8 Å². The van der Waals surface area contributed by atoms with Gasteiger partial charge in [-0.2, -0.15) is 5.10 Å². The smallest absolute Gasteiger partial charge is 0.270 e. The van der Waals surface area contributed by atoms with Gasteiger partial charge in [-0.25, -0.2) is 14.2 Å². The van der Waals surface area contributed by atoms with Crippen molar-refractivity contribution in [1.82, 2.24) is 5.43 Å². The van der Waals surface area contributed by atoms with Crippen molar-refractivity contribution in [3.05, 3.63) is 35.4 Å². The summed E-state index contributed by atoms with van der Waals surface area (Å²) in [6, 6.07) is 5.81. The second-order valence-corrected chi connectivity index (χ2v) is 3.30. The minimum absolute atomic E-state index is 0.0840. The van der Waals surface area contributed by atoms with E-state index in [1.807, 2.05) is 0 Å². The van der Waals surface area contributed by atoms with Crippen molar-refractivity contribution in [2.45, 2.75) is 12.8 Å². The Hall–Kier alpha value is -1.98. The number of hydrogen-bond acceptors (Lipinski definition) is 2. The van der Waals surface area contributed by atoms with Crippen LogP contribution in [0.2, 0.25) is 0 Å². The van der Waals surface area contributed by atoms with Crippen molar-refractivity contribution in [2.75, 3.05) is 0 Å². The quantitative estimate of drug-likeness (QED) is 0.416. The number of guanidine groups is 1. The molecular formula is C10H12F2N4. The van der Waals surface area contributed by atoms with Crippen LogP contribution in [-0.2, 0) is 5.92 Å². The summed E-state index contributed by atoms with van der Waals surface area (Å²) in [7, 11) is 0. The first-order valence-electron chi connectivity index (χ1n) is 4.51. The third-order valence-corrected chi connectivity index (χ3v) is 1.79. The Bertz CT molecular complexity index is 410. The van der Waals surface area contributed by atoms with Crippen LogP contribution >= 0.6 is 0 Å². The van der Waals surface area contributed by atoms with Crippen molar-refractivity contribution in [3.63, 3.8) is 0 Å². The lowest BCUT2D eigenvalue weighted by Crippen LogP contribution is -2.25. The van der Waals surface area contributed by atoms with Crippen molar-refractivity contribution in [3.8, 4) is 0 Å². The van der Waals surface area contributed by atoms with E-state index in [1.54, 1.807) is 6.07 Å². The number of alkyl halides is 2. The third-order valence-electron chi connectivity index (χ3n) is 1.79. The molecule has 0 radical (unpaired) electrons. The molecule has 1 aromatic rings. The van der Waals surface area contributed by atoms with E-state index in [0.29, 0.717) is 5.56 Å². The number of hydrazone groups is 1. The molecule has 0 aliphatic carbocycles. The van der Waals surface area contributed by atoms with Crippen molar-refractivity contribution < 1.29 is 8.78 Å². The highest BCUT2D eigenvalue weighted by Gasteiger charge is 2.23. The number of hydrogen-bond donors (Lipinski definition) is 3. The van der Waals surface area contributed by atoms with Crippen LogP contribution in [0.1, 0.15) is 18.1 Å². The molecule has 1 aromatic carbocycles. The standard InChI is InChI=1S/C10H12F2N4/c1-10(11,12)8-4-2-3-7(5-8)6-15-16-9(13)14/h2-6H,1H3,(H4,13,14,16)/b15-6+. The Morgan fingerprint density at radius 3 is 2.81 bits per heavy atom. The van der Waals surface area contributed by atoms with E-state index >= 15 is 0 Å². The number of nitrogens with two attached hydrogens (primary N) is 1. The molecular weight excluding hydrogens is 214 g/mol. The molecule has 86 valence electrons. The number of rotatable bonds is 3. The Kier molecular flexibility index (Phi) is 3.55. The number of halogens is 2. The zero-order valence-electron chi connectivity index (χ0n) is 8.67. The average Bonchev–Trinajstić information content (AvgIpc) is 2.16.